The number of aromatic nitrogens is 1. The van der Waals surface area contributed by atoms with Crippen LogP contribution in [0.4, 0.5) is 0 Å². The Balaban J connectivity index is 1.92. The summed E-state index contributed by atoms with van der Waals surface area (Å²) >= 11 is 1.80. The molecule has 0 bridgehead atoms. The Labute approximate surface area is 112 Å². The van der Waals surface area contributed by atoms with Crippen molar-refractivity contribution in [3.63, 3.8) is 0 Å². The summed E-state index contributed by atoms with van der Waals surface area (Å²) in [4.78, 5) is 4.83. The van der Waals surface area contributed by atoms with Crippen LogP contribution in [0.15, 0.2) is 23.6 Å². The van der Waals surface area contributed by atoms with Crippen LogP contribution in [-0.2, 0) is 0 Å². The molecule has 94 valence electrons. The lowest BCUT2D eigenvalue weighted by atomic mass is 10.0. The molecule has 2 heterocycles. The Morgan fingerprint density at radius 1 is 1.33 bits per heavy atom. The molecule has 1 aromatic carbocycles. The maximum atomic E-state index is 4.83. The molecule has 1 N–H and O–H groups in total. The number of thiazole rings is 1. The number of rotatable bonds is 2. The van der Waals surface area contributed by atoms with Gasteiger partial charge in [0.1, 0.15) is 0 Å². The van der Waals surface area contributed by atoms with Crippen molar-refractivity contribution >= 4 is 11.3 Å². The van der Waals surface area contributed by atoms with Gasteiger partial charge in [-0.25, -0.2) is 4.98 Å². The molecule has 0 aliphatic carbocycles. The minimum absolute atomic E-state index is 0.620. The van der Waals surface area contributed by atoms with E-state index in [1.807, 2.05) is 0 Å². The van der Waals surface area contributed by atoms with Crippen molar-refractivity contribution in [1.82, 2.24) is 10.3 Å². The van der Waals surface area contributed by atoms with Gasteiger partial charge in [-0.2, -0.15) is 0 Å². The number of hydrogen-bond acceptors (Lipinski definition) is 3. The van der Waals surface area contributed by atoms with Crippen LogP contribution < -0.4 is 5.32 Å². The molecule has 0 radical (unpaired) electrons. The first-order chi connectivity index (χ1) is 8.74. The molecule has 1 saturated heterocycles. The highest BCUT2D eigenvalue weighted by Gasteiger charge is 2.20. The molecule has 1 aliphatic heterocycles. The van der Waals surface area contributed by atoms with E-state index in [9.17, 15) is 0 Å². The number of aryl methyl sites for hydroxylation is 2. The first-order valence-corrected chi connectivity index (χ1v) is 7.36. The van der Waals surface area contributed by atoms with Gasteiger partial charge in [-0.3, -0.25) is 0 Å². The zero-order chi connectivity index (χ0) is 12.5. The van der Waals surface area contributed by atoms with E-state index < -0.39 is 0 Å². The largest absolute Gasteiger partial charge is 0.316 e. The van der Waals surface area contributed by atoms with Crippen molar-refractivity contribution in [3.8, 4) is 11.3 Å². The highest BCUT2D eigenvalue weighted by Crippen LogP contribution is 2.31. The predicted molar refractivity (Wildman–Crippen MR) is 77.3 cm³/mol. The van der Waals surface area contributed by atoms with Crippen molar-refractivity contribution in [2.75, 3.05) is 13.1 Å². The lowest BCUT2D eigenvalue weighted by Gasteiger charge is -2.05. The third-order valence-corrected chi connectivity index (χ3v) is 4.60. The molecular weight excluding hydrogens is 240 g/mol. The van der Waals surface area contributed by atoms with Crippen LogP contribution in [0.3, 0.4) is 0 Å². The zero-order valence-electron chi connectivity index (χ0n) is 10.9. The monoisotopic (exact) mass is 258 g/mol. The highest BCUT2D eigenvalue weighted by molar-refractivity contribution is 7.10. The molecule has 3 heteroatoms. The molecule has 1 aliphatic rings. The normalized spacial score (nSPS) is 19.3. The molecule has 0 spiro atoms. The molecule has 1 aromatic heterocycles. The second kappa shape index (κ2) is 4.82. The van der Waals surface area contributed by atoms with Crippen molar-refractivity contribution in [3.05, 3.63) is 39.7 Å². The Bertz CT molecular complexity index is 553. The van der Waals surface area contributed by atoms with Gasteiger partial charge >= 0.3 is 0 Å². The maximum absolute atomic E-state index is 4.83. The third-order valence-electron chi connectivity index (χ3n) is 3.59. The van der Waals surface area contributed by atoms with E-state index in [0.29, 0.717) is 5.92 Å². The molecule has 1 fully saturated rings. The number of nitrogens with one attached hydrogen (secondary N) is 1. The van der Waals surface area contributed by atoms with E-state index >= 15 is 0 Å². The van der Waals surface area contributed by atoms with Crippen molar-refractivity contribution < 1.29 is 0 Å². The number of benzene rings is 1. The van der Waals surface area contributed by atoms with Crippen LogP contribution in [0.5, 0.6) is 0 Å². The standard InChI is InChI=1S/C15H18N2S/c1-10-3-4-13(11(2)7-10)14-9-18-15(17-14)12-5-6-16-8-12/h3-4,7,9,12,16H,5-6,8H2,1-2H3. The van der Waals surface area contributed by atoms with Crippen LogP contribution in [0.1, 0.15) is 28.5 Å². The minimum Gasteiger partial charge on any atom is -0.316 e. The van der Waals surface area contributed by atoms with Crippen LogP contribution in [-0.4, -0.2) is 18.1 Å². The summed E-state index contributed by atoms with van der Waals surface area (Å²) in [7, 11) is 0. The van der Waals surface area contributed by atoms with Gasteiger partial charge in [0.05, 0.1) is 10.7 Å². The molecule has 0 saturated carbocycles. The first-order valence-electron chi connectivity index (χ1n) is 6.48. The van der Waals surface area contributed by atoms with Crippen LogP contribution >= 0.6 is 11.3 Å². The summed E-state index contributed by atoms with van der Waals surface area (Å²) in [5.41, 5.74) is 5.04. The van der Waals surface area contributed by atoms with Gasteiger partial charge in [0, 0.05) is 23.4 Å². The van der Waals surface area contributed by atoms with E-state index in [-0.39, 0.29) is 0 Å². The molecule has 3 rings (SSSR count). The number of nitrogens with zero attached hydrogens (tertiary/aromatic N) is 1. The molecule has 18 heavy (non-hydrogen) atoms. The molecule has 0 amide bonds. The number of hydrogen-bond donors (Lipinski definition) is 1. The fraction of sp³-hybridized carbons (Fsp3) is 0.400. The van der Waals surface area contributed by atoms with Crippen molar-refractivity contribution in [2.45, 2.75) is 26.2 Å². The third kappa shape index (κ3) is 2.20. The Morgan fingerprint density at radius 2 is 2.22 bits per heavy atom. The summed E-state index contributed by atoms with van der Waals surface area (Å²) in [6.07, 6.45) is 1.22. The van der Waals surface area contributed by atoms with E-state index in [0.717, 1.165) is 18.8 Å². The average Bonchev–Trinajstić information content (AvgIpc) is 2.99. The Kier molecular flexibility index (Phi) is 3.18. The molecular formula is C15H18N2S. The summed E-state index contributed by atoms with van der Waals surface area (Å²) in [5, 5.41) is 6.89. The van der Waals surface area contributed by atoms with Gasteiger partial charge in [-0.05, 0) is 32.4 Å². The average molecular weight is 258 g/mol. The predicted octanol–water partition coefficient (Wildman–Crippen LogP) is 3.50. The fourth-order valence-electron chi connectivity index (χ4n) is 2.57. The van der Waals surface area contributed by atoms with E-state index in [1.165, 1.54) is 28.1 Å². The Morgan fingerprint density at radius 3 is 2.94 bits per heavy atom. The fourth-order valence-corrected chi connectivity index (χ4v) is 3.52. The van der Waals surface area contributed by atoms with Gasteiger partial charge in [0.25, 0.3) is 0 Å². The van der Waals surface area contributed by atoms with Gasteiger partial charge in [-0.1, -0.05) is 23.8 Å². The molecule has 1 atom stereocenters. The van der Waals surface area contributed by atoms with Crippen molar-refractivity contribution in [1.29, 1.82) is 0 Å². The minimum atomic E-state index is 0.620. The summed E-state index contributed by atoms with van der Waals surface area (Å²) in [6, 6.07) is 6.58. The van der Waals surface area contributed by atoms with E-state index in [1.54, 1.807) is 11.3 Å². The lowest BCUT2D eigenvalue weighted by Crippen LogP contribution is -2.07. The van der Waals surface area contributed by atoms with E-state index in [2.05, 4.69) is 42.7 Å². The molecule has 1 unspecified atom stereocenters. The summed E-state index contributed by atoms with van der Waals surface area (Å²) in [6.45, 7) is 6.51. The highest BCUT2D eigenvalue weighted by atomic mass is 32.1. The molecule has 2 aromatic rings. The lowest BCUT2D eigenvalue weighted by molar-refractivity contribution is 0.756. The first kappa shape index (κ1) is 11.9. The second-order valence-electron chi connectivity index (χ2n) is 5.08. The SMILES string of the molecule is Cc1ccc(-c2csc(C3CCNC3)n2)c(C)c1. The topological polar surface area (TPSA) is 24.9 Å². The zero-order valence-corrected chi connectivity index (χ0v) is 11.7. The summed E-state index contributed by atoms with van der Waals surface area (Å²) < 4.78 is 0. The maximum Gasteiger partial charge on any atom is 0.0976 e. The van der Waals surface area contributed by atoms with E-state index in [4.69, 9.17) is 4.98 Å². The Hall–Kier alpha value is -1.19. The van der Waals surface area contributed by atoms with Gasteiger partial charge in [-0.15, -0.1) is 11.3 Å². The smallest absolute Gasteiger partial charge is 0.0976 e. The van der Waals surface area contributed by atoms with Gasteiger partial charge < -0.3 is 5.32 Å². The van der Waals surface area contributed by atoms with Crippen molar-refractivity contribution in [2.24, 2.45) is 0 Å². The second-order valence-corrected chi connectivity index (χ2v) is 5.97. The van der Waals surface area contributed by atoms with Crippen LogP contribution in [0, 0.1) is 13.8 Å². The molecule has 2 nitrogen and oxygen atoms in total. The van der Waals surface area contributed by atoms with Crippen LogP contribution in [0.25, 0.3) is 11.3 Å². The van der Waals surface area contributed by atoms with Gasteiger partial charge in [0.15, 0.2) is 0 Å². The van der Waals surface area contributed by atoms with Crippen LogP contribution in [0.2, 0.25) is 0 Å². The quantitative estimate of drug-likeness (QED) is 0.891. The summed E-state index contributed by atoms with van der Waals surface area (Å²) in [5.74, 6) is 0.620. The van der Waals surface area contributed by atoms with Gasteiger partial charge in [0.2, 0.25) is 0 Å².